The van der Waals surface area contributed by atoms with E-state index in [4.69, 9.17) is 5.11 Å². The highest BCUT2D eigenvalue weighted by Gasteiger charge is 2.35. The van der Waals surface area contributed by atoms with Crippen molar-refractivity contribution in [1.29, 1.82) is 0 Å². The van der Waals surface area contributed by atoms with Crippen LogP contribution < -0.4 is 0 Å². The van der Waals surface area contributed by atoms with Crippen LogP contribution in [0.25, 0.3) is 0 Å². The maximum absolute atomic E-state index is 12.3. The van der Waals surface area contributed by atoms with Crippen LogP contribution in [0.5, 0.6) is 0 Å². The zero-order valence-corrected chi connectivity index (χ0v) is 9.70. The molecule has 0 atom stereocenters. The summed E-state index contributed by atoms with van der Waals surface area (Å²) in [6.45, 7) is -0.697. The highest BCUT2D eigenvalue weighted by Crippen LogP contribution is 2.30. The van der Waals surface area contributed by atoms with Crippen molar-refractivity contribution in [2.45, 2.75) is 12.6 Å². The van der Waals surface area contributed by atoms with Gasteiger partial charge in [-0.3, -0.25) is 4.79 Å². The van der Waals surface area contributed by atoms with Crippen LogP contribution in [0.1, 0.15) is 6.42 Å². The number of carbonyl (C=O) groups excluding carboxylic acids is 1. The average molecular weight is 266 g/mol. The molecule has 0 aromatic rings. The van der Waals surface area contributed by atoms with Crippen LogP contribution in [0, 0.1) is 0 Å². The number of likely N-dealkylation sites (N-methyl/N-ethyl adjacent to an activating group) is 1. The maximum atomic E-state index is 12.3. The second-order valence-corrected chi connectivity index (χ2v) is 3.96. The number of carboxylic acid groups (broad SMARTS) is 1. The Kier molecular flexibility index (Phi) is 4.20. The Balaban J connectivity index is 2.60. The minimum Gasteiger partial charge on any atom is -0.480 e. The Labute approximate surface area is 101 Å². The molecule has 1 aliphatic heterocycles. The first-order chi connectivity index (χ1) is 8.21. The Bertz CT molecular complexity index is 379. The Hall–Kier alpha value is -1.73. The molecule has 0 aliphatic carbocycles. The molecule has 0 aromatic carbocycles. The van der Waals surface area contributed by atoms with Crippen LogP contribution in [-0.4, -0.2) is 59.8 Å². The smallest absolute Gasteiger partial charge is 0.412 e. The molecule has 1 rings (SSSR count). The fourth-order valence-corrected chi connectivity index (χ4v) is 1.61. The Morgan fingerprint density at radius 2 is 2.11 bits per heavy atom. The topological polar surface area (TPSA) is 60.9 Å². The highest BCUT2D eigenvalue weighted by atomic mass is 19.4. The third-order valence-electron chi connectivity index (χ3n) is 2.54. The van der Waals surface area contributed by atoms with Gasteiger partial charge >= 0.3 is 18.2 Å². The highest BCUT2D eigenvalue weighted by molar-refractivity contribution is 5.80. The number of rotatable bonds is 2. The van der Waals surface area contributed by atoms with Crippen LogP contribution >= 0.6 is 0 Å². The summed E-state index contributed by atoms with van der Waals surface area (Å²) >= 11 is 0. The van der Waals surface area contributed by atoms with Crippen LogP contribution in [0.3, 0.4) is 0 Å². The first-order valence-electron chi connectivity index (χ1n) is 5.20. The van der Waals surface area contributed by atoms with E-state index in [-0.39, 0.29) is 19.5 Å². The first kappa shape index (κ1) is 14.3. The van der Waals surface area contributed by atoms with Crippen LogP contribution in [-0.2, 0) is 4.79 Å². The quantitative estimate of drug-likeness (QED) is 0.767. The van der Waals surface area contributed by atoms with Crippen molar-refractivity contribution < 1.29 is 27.9 Å². The number of alkyl halides is 3. The van der Waals surface area contributed by atoms with Crippen molar-refractivity contribution in [3.05, 3.63) is 11.6 Å². The van der Waals surface area contributed by atoms with Crippen molar-refractivity contribution >= 4 is 12.0 Å². The van der Waals surface area contributed by atoms with Gasteiger partial charge in [0.05, 0.1) is 0 Å². The van der Waals surface area contributed by atoms with Gasteiger partial charge < -0.3 is 14.9 Å². The monoisotopic (exact) mass is 266 g/mol. The van der Waals surface area contributed by atoms with Gasteiger partial charge in [-0.1, -0.05) is 6.08 Å². The van der Waals surface area contributed by atoms with Crippen molar-refractivity contribution in [1.82, 2.24) is 9.80 Å². The number of hydrogen-bond donors (Lipinski definition) is 1. The third-order valence-corrected chi connectivity index (χ3v) is 2.54. The SMILES string of the molecule is CN(CC(=O)O)C(=O)N1CC=C(C(F)(F)F)CC1. The van der Waals surface area contributed by atoms with Crippen molar-refractivity contribution in [2.24, 2.45) is 0 Å². The largest absolute Gasteiger partial charge is 0.480 e. The molecule has 0 saturated carbocycles. The fraction of sp³-hybridized carbons (Fsp3) is 0.600. The molecule has 8 heteroatoms. The summed E-state index contributed by atoms with van der Waals surface area (Å²) in [5.74, 6) is -1.17. The molecule has 0 radical (unpaired) electrons. The van der Waals surface area contributed by atoms with E-state index in [1.165, 1.54) is 11.9 Å². The first-order valence-corrected chi connectivity index (χ1v) is 5.20. The van der Waals surface area contributed by atoms with Gasteiger partial charge in [-0.25, -0.2) is 4.79 Å². The third kappa shape index (κ3) is 3.64. The van der Waals surface area contributed by atoms with E-state index in [1.807, 2.05) is 0 Å². The molecule has 0 fully saturated rings. The molecule has 0 aromatic heterocycles. The predicted molar refractivity (Wildman–Crippen MR) is 56.0 cm³/mol. The minimum atomic E-state index is -4.36. The molecule has 0 bridgehead atoms. The lowest BCUT2D eigenvalue weighted by Crippen LogP contribution is -2.45. The van der Waals surface area contributed by atoms with Gasteiger partial charge in [0, 0.05) is 25.7 Å². The summed E-state index contributed by atoms with van der Waals surface area (Å²) in [7, 11) is 1.29. The zero-order chi connectivity index (χ0) is 13.9. The molecular formula is C10H13F3N2O3. The molecule has 1 aliphatic rings. The zero-order valence-electron chi connectivity index (χ0n) is 9.70. The van der Waals surface area contributed by atoms with E-state index in [2.05, 4.69) is 0 Å². The number of nitrogens with zero attached hydrogens (tertiary/aromatic N) is 2. The van der Waals surface area contributed by atoms with Gasteiger partial charge in [-0.15, -0.1) is 0 Å². The molecule has 5 nitrogen and oxygen atoms in total. The standard InChI is InChI=1S/C10H13F3N2O3/c1-14(6-8(16)17)9(18)15-4-2-7(3-5-15)10(11,12)13/h2H,3-6H2,1H3,(H,16,17). The van der Waals surface area contributed by atoms with Crippen LogP contribution in [0.2, 0.25) is 0 Å². The number of carbonyl (C=O) groups is 2. The lowest BCUT2D eigenvalue weighted by molar-refractivity contribution is -0.137. The van der Waals surface area contributed by atoms with Gasteiger partial charge in [-0.05, 0) is 6.42 Å². The number of aliphatic carboxylic acids is 1. The van der Waals surface area contributed by atoms with Gasteiger partial charge in [0.15, 0.2) is 0 Å². The summed E-state index contributed by atoms with van der Waals surface area (Å²) in [6.07, 6.45) is -3.67. The molecule has 18 heavy (non-hydrogen) atoms. The predicted octanol–water partition coefficient (Wildman–Crippen LogP) is 1.32. The Morgan fingerprint density at radius 3 is 2.50 bits per heavy atom. The van der Waals surface area contributed by atoms with E-state index < -0.39 is 30.3 Å². The summed E-state index contributed by atoms with van der Waals surface area (Å²) in [4.78, 5) is 24.2. The number of halogens is 3. The van der Waals surface area contributed by atoms with Gasteiger partial charge in [0.2, 0.25) is 0 Å². The molecule has 1 heterocycles. The number of carboxylic acids is 1. The van der Waals surface area contributed by atoms with Crippen molar-refractivity contribution in [3.8, 4) is 0 Å². The normalized spacial score (nSPS) is 16.2. The van der Waals surface area contributed by atoms with Gasteiger partial charge in [0.25, 0.3) is 0 Å². The number of urea groups is 1. The second kappa shape index (κ2) is 5.28. The van der Waals surface area contributed by atoms with Gasteiger partial charge in [0.1, 0.15) is 6.54 Å². The molecule has 0 saturated heterocycles. The molecule has 2 amide bonds. The molecule has 0 spiro atoms. The Morgan fingerprint density at radius 1 is 1.50 bits per heavy atom. The molecule has 1 N–H and O–H groups in total. The summed E-state index contributed by atoms with van der Waals surface area (Å²) in [5, 5.41) is 8.51. The van der Waals surface area contributed by atoms with Crippen molar-refractivity contribution in [2.75, 3.05) is 26.7 Å². The van der Waals surface area contributed by atoms with Crippen molar-refractivity contribution in [3.63, 3.8) is 0 Å². The van der Waals surface area contributed by atoms with E-state index in [0.717, 1.165) is 11.0 Å². The van der Waals surface area contributed by atoms with E-state index in [0.29, 0.717) is 0 Å². The minimum absolute atomic E-state index is 0.0614. The van der Waals surface area contributed by atoms with E-state index in [1.54, 1.807) is 0 Å². The molecular weight excluding hydrogens is 253 g/mol. The van der Waals surface area contributed by atoms with Gasteiger partial charge in [-0.2, -0.15) is 13.2 Å². The maximum Gasteiger partial charge on any atom is 0.412 e. The summed E-state index contributed by atoms with van der Waals surface area (Å²) in [5.41, 5.74) is -0.646. The van der Waals surface area contributed by atoms with Crippen LogP contribution in [0.15, 0.2) is 11.6 Å². The lowest BCUT2D eigenvalue weighted by atomic mass is 10.1. The second-order valence-electron chi connectivity index (χ2n) is 3.96. The molecule has 102 valence electrons. The average Bonchev–Trinajstić information content (AvgIpc) is 2.26. The summed E-state index contributed by atoms with van der Waals surface area (Å²) < 4.78 is 37.0. The summed E-state index contributed by atoms with van der Waals surface area (Å²) in [6, 6.07) is -0.588. The van der Waals surface area contributed by atoms with Crippen LogP contribution in [0.4, 0.5) is 18.0 Å². The number of hydrogen-bond acceptors (Lipinski definition) is 2. The lowest BCUT2D eigenvalue weighted by Gasteiger charge is -2.30. The van der Waals surface area contributed by atoms with E-state index in [9.17, 15) is 22.8 Å². The molecule has 0 unspecified atom stereocenters. The fourth-order valence-electron chi connectivity index (χ4n) is 1.61. The van der Waals surface area contributed by atoms with E-state index >= 15 is 0 Å². The number of amides is 2.